The van der Waals surface area contributed by atoms with Crippen molar-refractivity contribution in [2.24, 2.45) is 0 Å². The second-order valence-electron chi connectivity index (χ2n) is 4.46. The molecule has 1 atom stereocenters. The number of nitrogens with zero attached hydrogens (tertiary/aromatic N) is 1. The molecule has 3 heteroatoms. The van der Waals surface area contributed by atoms with E-state index in [1.54, 1.807) is 0 Å². The number of rotatable bonds is 4. The summed E-state index contributed by atoms with van der Waals surface area (Å²) in [5.41, 5.74) is 3.06. The first-order valence-corrected chi connectivity index (χ1v) is 6.55. The van der Waals surface area contributed by atoms with Crippen LogP contribution in [-0.2, 0) is 6.54 Å². The van der Waals surface area contributed by atoms with E-state index in [1.165, 1.54) is 11.1 Å². The van der Waals surface area contributed by atoms with E-state index < -0.39 is 0 Å². The number of hydrogen-bond acceptors (Lipinski definition) is 2. The molecule has 0 amide bonds. The molecule has 19 heavy (non-hydrogen) atoms. The molecule has 0 fully saturated rings. The van der Waals surface area contributed by atoms with E-state index in [1.807, 2.05) is 48.5 Å². The number of benzene rings is 2. The molecular weight excluding hydrogens is 256 g/mol. The number of nitrogens with one attached hydrogen (secondary N) is 1. The highest BCUT2D eigenvalue weighted by atomic mass is 35.5. The predicted molar refractivity (Wildman–Crippen MR) is 77.9 cm³/mol. The monoisotopic (exact) mass is 270 g/mol. The molecule has 2 aromatic carbocycles. The van der Waals surface area contributed by atoms with Crippen LogP contribution in [0.5, 0.6) is 0 Å². The van der Waals surface area contributed by atoms with Gasteiger partial charge in [0.15, 0.2) is 0 Å². The summed E-state index contributed by atoms with van der Waals surface area (Å²) >= 11 is 5.85. The Kier molecular flexibility index (Phi) is 4.57. The number of nitriles is 1. The first-order valence-electron chi connectivity index (χ1n) is 6.17. The van der Waals surface area contributed by atoms with Gasteiger partial charge in [-0.3, -0.25) is 0 Å². The van der Waals surface area contributed by atoms with E-state index in [4.69, 9.17) is 16.9 Å². The molecule has 1 N–H and O–H groups in total. The van der Waals surface area contributed by atoms with Gasteiger partial charge in [-0.2, -0.15) is 5.26 Å². The van der Waals surface area contributed by atoms with Gasteiger partial charge in [0.25, 0.3) is 0 Å². The largest absolute Gasteiger partial charge is 0.306 e. The van der Waals surface area contributed by atoms with Crippen molar-refractivity contribution in [3.05, 3.63) is 70.2 Å². The average molecular weight is 271 g/mol. The van der Waals surface area contributed by atoms with Crippen molar-refractivity contribution in [1.82, 2.24) is 5.32 Å². The van der Waals surface area contributed by atoms with Crippen molar-refractivity contribution in [3.63, 3.8) is 0 Å². The fraction of sp³-hybridized carbons (Fsp3) is 0.188. The van der Waals surface area contributed by atoms with Crippen molar-refractivity contribution in [3.8, 4) is 6.07 Å². The van der Waals surface area contributed by atoms with Gasteiger partial charge in [0.05, 0.1) is 11.6 Å². The summed E-state index contributed by atoms with van der Waals surface area (Å²) in [5, 5.41) is 13.0. The van der Waals surface area contributed by atoms with Gasteiger partial charge in [-0.1, -0.05) is 35.9 Å². The summed E-state index contributed by atoms with van der Waals surface area (Å²) in [4.78, 5) is 0. The normalized spacial score (nSPS) is 11.8. The van der Waals surface area contributed by atoms with Crippen LogP contribution in [0.15, 0.2) is 48.5 Å². The lowest BCUT2D eigenvalue weighted by molar-refractivity contribution is 0.575. The van der Waals surface area contributed by atoms with Gasteiger partial charge in [0.2, 0.25) is 0 Å². The second kappa shape index (κ2) is 6.38. The van der Waals surface area contributed by atoms with Gasteiger partial charge >= 0.3 is 0 Å². The van der Waals surface area contributed by atoms with Crippen LogP contribution in [0.1, 0.15) is 29.7 Å². The lowest BCUT2D eigenvalue weighted by Gasteiger charge is -2.14. The Morgan fingerprint density at radius 1 is 1.11 bits per heavy atom. The van der Waals surface area contributed by atoms with Crippen LogP contribution in [0, 0.1) is 11.3 Å². The van der Waals surface area contributed by atoms with Crippen molar-refractivity contribution < 1.29 is 0 Å². The van der Waals surface area contributed by atoms with Crippen LogP contribution in [0.25, 0.3) is 0 Å². The molecule has 0 saturated heterocycles. The minimum atomic E-state index is 0.239. The van der Waals surface area contributed by atoms with E-state index in [0.29, 0.717) is 5.56 Å². The maximum absolute atomic E-state index is 8.77. The maximum Gasteiger partial charge on any atom is 0.0991 e. The molecule has 0 saturated carbocycles. The van der Waals surface area contributed by atoms with Gasteiger partial charge in [0, 0.05) is 17.6 Å². The molecule has 0 spiro atoms. The quantitative estimate of drug-likeness (QED) is 0.909. The third-order valence-electron chi connectivity index (χ3n) is 3.07. The van der Waals surface area contributed by atoms with Crippen molar-refractivity contribution in [2.75, 3.05) is 0 Å². The summed E-state index contributed by atoms with van der Waals surface area (Å²) in [7, 11) is 0. The van der Waals surface area contributed by atoms with Crippen LogP contribution >= 0.6 is 11.6 Å². The van der Waals surface area contributed by atoms with Crippen LogP contribution in [0.2, 0.25) is 5.02 Å². The molecule has 1 unspecified atom stereocenters. The maximum atomic E-state index is 8.77. The SMILES string of the molecule is CC(NCc1ccc(Cl)cc1)c1ccc(C#N)cc1. The lowest BCUT2D eigenvalue weighted by atomic mass is 10.1. The molecule has 0 bridgehead atoms. The van der Waals surface area contributed by atoms with Gasteiger partial charge in [0.1, 0.15) is 0 Å². The highest BCUT2D eigenvalue weighted by molar-refractivity contribution is 6.30. The Bertz CT molecular complexity index is 567. The summed E-state index contributed by atoms with van der Waals surface area (Å²) in [6.45, 7) is 2.90. The van der Waals surface area contributed by atoms with Crippen molar-refractivity contribution >= 4 is 11.6 Å². The molecule has 0 radical (unpaired) electrons. The molecule has 0 aliphatic heterocycles. The average Bonchev–Trinajstić information content (AvgIpc) is 2.46. The first kappa shape index (κ1) is 13.6. The molecule has 2 nitrogen and oxygen atoms in total. The summed E-state index contributed by atoms with van der Waals surface area (Å²) in [6.07, 6.45) is 0. The Balaban J connectivity index is 1.95. The number of hydrogen-bond donors (Lipinski definition) is 1. The zero-order valence-electron chi connectivity index (χ0n) is 10.7. The minimum Gasteiger partial charge on any atom is -0.306 e. The van der Waals surface area contributed by atoms with Crippen molar-refractivity contribution in [1.29, 1.82) is 5.26 Å². The summed E-state index contributed by atoms with van der Waals surface area (Å²) in [6, 6.07) is 17.8. The van der Waals surface area contributed by atoms with E-state index in [9.17, 15) is 0 Å². The van der Waals surface area contributed by atoms with Gasteiger partial charge < -0.3 is 5.32 Å². The van der Waals surface area contributed by atoms with E-state index in [0.717, 1.165) is 11.6 Å². The molecule has 2 aromatic rings. The van der Waals surface area contributed by atoms with Crippen LogP contribution in [0.4, 0.5) is 0 Å². The summed E-state index contributed by atoms with van der Waals surface area (Å²) < 4.78 is 0. The Morgan fingerprint density at radius 2 is 1.74 bits per heavy atom. The Labute approximate surface area is 118 Å². The smallest absolute Gasteiger partial charge is 0.0991 e. The highest BCUT2D eigenvalue weighted by Gasteiger charge is 2.04. The van der Waals surface area contributed by atoms with Gasteiger partial charge in [-0.15, -0.1) is 0 Å². The first-order chi connectivity index (χ1) is 9.19. The van der Waals surface area contributed by atoms with E-state index in [-0.39, 0.29) is 6.04 Å². The molecular formula is C16H15ClN2. The molecule has 2 rings (SSSR count). The molecule has 0 heterocycles. The topological polar surface area (TPSA) is 35.8 Å². The Hall–Kier alpha value is -1.82. The second-order valence-corrected chi connectivity index (χ2v) is 4.90. The predicted octanol–water partition coefficient (Wildman–Crippen LogP) is 4.06. The Morgan fingerprint density at radius 3 is 2.32 bits per heavy atom. The zero-order valence-corrected chi connectivity index (χ0v) is 11.5. The molecule has 96 valence electrons. The molecule has 0 aliphatic carbocycles. The fourth-order valence-electron chi connectivity index (χ4n) is 1.84. The molecule has 0 aliphatic rings. The molecule has 0 aromatic heterocycles. The standard InChI is InChI=1S/C16H15ClN2/c1-12(15-6-2-13(10-18)3-7-15)19-11-14-4-8-16(17)9-5-14/h2-9,12,19H,11H2,1H3. The zero-order chi connectivity index (χ0) is 13.7. The highest BCUT2D eigenvalue weighted by Crippen LogP contribution is 2.15. The van der Waals surface area contributed by atoms with E-state index >= 15 is 0 Å². The number of halogens is 1. The van der Waals surface area contributed by atoms with Gasteiger partial charge in [-0.05, 0) is 42.3 Å². The van der Waals surface area contributed by atoms with Crippen LogP contribution in [-0.4, -0.2) is 0 Å². The summed E-state index contributed by atoms with van der Waals surface area (Å²) in [5.74, 6) is 0. The van der Waals surface area contributed by atoms with Crippen LogP contribution in [0.3, 0.4) is 0 Å². The third kappa shape index (κ3) is 3.82. The third-order valence-corrected chi connectivity index (χ3v) is 3.32. The lowest BCUT2D eigenvalue weighted by Crippen LogP contribution is -2.17. The van der Waals surface area contributed by atoms with Gasteiger partial charge in [-0.25, -0.2) is 0 Å². The minimum absolute atomic E-state index is 0.239. The van der Waals surface area contributed by atoms with Crippen LogP contribution < -0.4 is 5.32 Å². The van der Waals surface area contributed by atoms with E-state index in [2.05, 4.69) is 18.3 Å². The fourth-order valence-corrected chi connectivity index (χ4v) is 1.96. The van der Waals surface area contributed by atoms with Crippen molar-refractivity contribution in [2.45, 2.75) is 19.5 Å².